The van der Waals surface area contributed by atoms with Gasteiger partial charge in [-0.1, -0.05) is 13.8 Å². The maximum atomic E-state index is 12.5. The molecule has 0 radical (unpaired) electrons. The van der Waals surface area contributed by atoms with Crippen LogP contribution >= 0.6 is 11.8 Å². The molecular weight excluding hydrogens is 248 g/mol. The first kappa shape index (κ1) is 14.2. The van der Waals surface area contributed by atoms with Gasteiger partial charge in [0, 0.05) is 29.7 Å². The highest BCUT2D eigenvalue weighted by molar-refractivity contribution is 7.98. The van der Waals surface area contributed by atoms with E-state index in [1.807, 2.05) is 27.0 Å². The minimum absolute atomic E-state index is 0.0131. The highest BCUT2D eigenvalue weighted by Crippen LogP contribution is 2.58. The van der Waals surface area contributed by atoms with Gasteiger partial charge in [-0.2, -0.15) is 11.8 Å². The van der Waals surface area contributed by atoms with Crippen molar-refractivity contribution in [2.24, 2.45) is 17.1 Å². The number of nitrogens with two attached hydrogens (primary N) is 1. The SMILES string of the molecule is CSCC(C)NC(=O)C1(N)C2CCOC2C1(C)C. The molecule has 4 nitrogen and oxygen atoms in total. The number of nitrogens with one attached hydrogen (secondary N) is 1. The molecule has 0 aromatic carbocycles. The molecule has 1 aliphatic heterocycles. The van der Waals surface area contributed by atoms with Crippen molar-refractivity contribution in [3.05, 3.63) is 0 Å². The van der Waals surface area contributed by atoms with Crippen molar-refractivity contribution >= 4 is 17.7 Å². The molecular formula is C13H24N2O2S. The summed E-state index contributed by atoms with van der Waals surface area (Å²) in [5.74, 6) is 1.07. The first-order valence-corrected chi connectivity index (χ1v) is 7.95. The quantitative estimate of drug-likeness (QED) is 0.801. The number of carbonyl (C=O) groups is 1. The summed E-state index contributed by atoms with van der Waals surface area (Å²) in [6, 6.07) is 0.157. The van der Waals surface area contributed by atoms with Crippen LogP contribution in [0.3, 0.4) is 0 Å². The van der Waals surface area contributed by atoms with Crippen molar-refractivity contribution in [2.75, 3.05) is 18.6 Å². The maximum Gasteiger partial charge on any atom is 0.241 e. The number of fused-ring (bicyclic) bond motifs is 1. The second-order valence-corrected chi connectivity index (χ2v) is 7.02. The Kier molecular flexibility index (Phi) is 3.69. The van der Waals surface area contributed by atoms with Gasteiger partial charge >= 0.3 is 0 Å². The Balaban J connectivity index is 2.09. The van der Waals surface area contributed by atoms with Crippen molar-refractivity contribution in [2.45, 2.75) is 44.9 Å². The summed E-state index contributed by atoms with van der Waals surface area (Å²) in [7, 11) is 0. The summed E-state index contributed by atoms with van der Waals surface area (Å²) in [5.41, 5.74) is 5.40. The largest absolute Gasteiger partial charge is 0.377 e. The van der Waals surface area contributed by atoms with E-state index in [0.717, 1.165) is 18.8 Å². The summed E-state index contributed by atoms with van der Waals surface area (Å²) in [6.07, 6.45) is 3.08. The second kappa shape index (κ2) is 4.69. The molecule has 0 aromatic rings. The van der Waals surface area contributed by atoms with Gasteiger partial charge in [-0.15, -0.1) is 0 Å². The molecule has 4 atom stereocenters. The molecule has 0 bridgehead atoms. The smallest absolute Gasteiger partial charge is 0.241 e. The first-order chi connectivity index (χ1) is 8.35. The van der Waals surface area contributed by atoms with Crippen LogP contribution in [0.4, 0.5) is 0 Å². The third-order valence-electron chi connectivity index (χ3n) is 4.62. The predicted octanol–water partition coefficient (Wildman–Crippen LogP) is 0.996. The number of rotatable bonds is 4. The van der Waals surface area contributed by atoms with Crippen molar-refractivity contribution in [1.29, 1.82) is 0 Å². The minimum Gasteiger partial charge on any atom is -0.377 e. The van der Waals surface area contributed by atoms with Crippen LogP contribution in [0.25, 0.3) is 0 Å². The van der Waals surface area contributed by atoms with E-state index in [-0.39, 0.29) is 29.4 Å². The van der Waals surface area contributed by atoms with Crippen LogP contribution < -0.4 is 11.1 Å². The molecule has 4 unspecified atom stereocenters. The lowest BCUT2D eigenvalue weighted by molar-refractivity contribution is -0.175. The van der Waals surface area contributed by atoms with Crippen molar-refractivity contribution in [3.8, 4) is 0 Å². The highest BCUT2D eigenvalue weighted by Gasteiger charge is 2.71. The van der Waals surface area contributed by atoms with Gasteiger partial charge in [-0.3, -0.25) is 4.79 Å². The van der Waals surface area contributed by atoms with Crippen molar-refractivity contribution in [1.82, 2.24) is 5.32 Å². The molecule has 1 saturated heterocycles. The maximum absolute atomic E-state index is 12.5. The summed E-state index contributed by atoms with van der Waals surface area (Å²) < 4.78 is 5.70. The van der Waals surface area contributed by atoms with E-state index in [0.29, 0.717) is 0 Å². The molecule has 1 saturated carbocycles. The minimum atomic E-state index is -0.777. The molecule has 0 spiro atoms. The first-order valence-electron chi connectivity index (χ1n) is 6.56. The van der Waals surface area contributed by atoms with Gasteiger partial charge in [-0.05, 0) is 19.6 Å². The summed E-state index contributed by atoms with van der Waals surface area (Å²) in [4.78, 5) is 12.5. The highest BCUT2D eigenvalue weighted by atomic mass is 32.2. The average molecular weight is 272 g/mol. The van der Waals surface area contributed by atoms with Gasteiger partial charge in [0.15, 0.2) is 0 Å². The molecule has 3 N–H and O–H groups in total. The Morgan fingerprint density at radius 1 is 1.61 bits per heavy atom. The van der Waals surface area contributed by atoms with E-state index in [1.54, 1.807) is 11.8 Å². The van der Waals surface area contributed by atoms with E-state index in [9.17, 15) is 4.79 Å². The monoisotopic (exact) mass is 272 g/mol. The standard InChI is InChI=1S/C13H24N2O2S/c1-8(7-18-4)15-11(16)13(14)9-5-6-17-10(9)12(13,2)3/h8-10H,5-7,14H2,1-4H3,(H,15,16). The van der Waals surface area contributed by atoms with E-state index in [1.165, 1.54) is 0 Å². The number of carbonyl (C=O) groups excluding carboxylic acids is 1. The number of thioether (sulfide) groups is 1. The fourth-order valence-corrected chi connectivity index (χ4v) is 4.06. The van der Waals surface area contributed by atoms with Crippen LogP contribution in [0.1, 0.15) is 27.2 Å². The fourth-order valence-electron chi connectivity index (χ4n) is 3.48. The number of amides is 1. The lowest BCUT2D eigenvalue weighted by atomic mass is 9.48. The Morgan fingerprint density at radius 3 is 2.89 bits per heavy atom. The van der Waals surface area contributed by atoms with E-state index in [4.69, 9.17) is 10.5 Å². The Labute approximate surface area is 113 Å². The molecule has 2 fully saturated rings. The zero-order valence-electron chi connectivity index (χ0n) is 11.7. The molecule has 5 heteroatoms. The van der Waals surface area contributed by atoms with E-state index in [2.05, 4.69) is 5.32 Å². The van der Waals surface area contributed by atoms with Gasteiger partial charge in [0.25, 0.3) is 0 Å². The Morgan fingerprint density at radius 2 is 2.28 bits per heavy atom. The summed E-state index contributed by atoms with van der Waals surface area (Å²) in [5, 5.41) is 3.05. The lowest BCUT2D eigenvalue weighted by Crippen LogP contribution is -2.80. The molecule has 18 heavy (non-hydrogen) atoms. The lowest BCUT2D eigenvalue weighted by Gasteiger charge is -2.60. The molecule has 0 aromatic heterocycles. The average Bonchev–Trinajstić information content (AvgIpc) is 2.75. The molecule has 1 amide bonds. The third kappa shape index (κ3) is 1.79. The van der Waals surface area contributed by atoms with Crippen LogP contribution in [0.2, 0.25) is 0 Å². The van der Waals surface area contributed by atoms with Crippen LogP contribution in [0.5, 0.6) is 0 Å². The van der Waals surface area contributed by atoms with Gasteiger partial charge in [-0.25, -0.2) is 0 Å². The Hall–Kier alpha value is -0.260. The zero-order valence-corrected chi connectivity index (χ0v) is 12.5. The fraction of sp³-hybridized carbons (Fsp3) is 0.923. The van der Waals surface area contributed by atoms with Gasteiger partial charge < -0.3 is 15.8 Å². The van der Waals surface area contributed by atoms with Crippen LogP contribution in [-0.2, 0) is 9.53 Å². The topological polar surface area (TPSA) is 64.4 Å². The van der Waals surface area contributed by atoms with Gasteiger partial charge in [0.1, 0.15) is 5.54 Å². The Bertz CT molecular complexity index is 348. The van der Waals surface area contributed by atoms with E-state index < -0.39 is 5.54 Å². The number of ether oxygens (including phenoxy) is 1. The predicted molar refractivity (Wildman–Crippen MR) is 74.5 cm³/mol. The summed E-state index contributed by atoms with van der Waals surface area (Å²) >= 11 is 1.73. The molecule has 1 heterocycles. The van der Waals surface area contributed by atoms with Crippen molar-refractivity contribution in [3.63, 3.8) is 0 Å². The van der Waals surface area contributed by atoms with Crippen LogP contribution in [-0.4, -0.2) is 42.2 Å². The molecule has 1 aliphatic carbocycles. The molecule has 2 rings (SSSR count). The third-order valence-corrected chi connectivity index (χ3v) is 5.46. The van der Waals surface area contributed by atoms with Crippen LogP contribution in [0.15, 0.2) is 0 Å². The molecule has 104 valence electrons. The normalized spacial score (nSPS) is 38.7. The van der Waals surface area contributed by atoms with Crippen LogP contribution in [0, 0.1) is 11.3 Å². The van der Waals surface area contributed by atoms with Crippen molar-refractivity contribution < 1.29 is 9.53 Å². The van der Waals surface area contributed by atoms with Gasteiger partial charge in [0.2, 0.25) is 5.91 Å². The zero-order chi connectivity index (χ0) is 13.6. The number of hydrogen-bond acceptors (Lipinski definition) is 4. The second-order valence-electron chi connectivity index (χ2n) is 6.11. The van der Waals surface area contributed by atoms with Gasteiger partial charge in [0.05, 0.1) is 6.10 Å². The number of hydrogen-bond donors (Lipinski definition) is 2. The molecule has 2 aliphatic rings. The van der Waals surface area contributed by atoms with E-state index >= 15 is 0 Å². The summed E-state index contributed by atoms with van der Waals surface area (Å²) in [6.45, 7) is 6.83.